The minimum atomic E-state index is -0.430. The van der Waals surface area contributed by atoms with Crippen molar-refractivity contribution in [1.29, 1.82) is 0 Å². The van der Waals surface area contributed by atoms with Gasteiger partial charge in [-0.05, 0) is 26.0 Å². The molecule has 0 aliphatic carbocycles. The summed E-state index contributed by atoms with van der Waals surface area (Å²) in [6.45, 7) is 4.05. The van der Waals surface area contributed by atoms with Crippen LogP contribution in [0.2, 0.25) is 0 Å². The predicted molar refractivity (Wildman–Crippen MR) is 66.8 cm³/mol. The number of pyridine rings is 1. The maximum absolute atomic E-state index is 11.7. The molecule has 17 heavy (non-hydrogen) atoms. The zero-order chi connectivity index (χ0) is 12.4. The highest BCUT2D eigenvalue weighted by Crippen LogP contribution is 2.24. The van der Waals surface area contributed by atoms with Crippen molar-refractivity contribution in [2.45, 2.75) is 13.8 Å². The number of hydrogen-bond donors (Lipinski definition) is 1. The van der Waals surface area contributed by atoms with Crippen LogP contribution in [0.4, 0.5) is 5.69 Å². The topological polar surface area (TPSA) is 65.2 Å². The van der Waals surface area contributed by atoms with Crippen LogP contribution in [0.1, 0.15) is 22.8 Å². The van der Waals surface area contributed by atoms with Crippen molar-refractivity contribution < 1.29 is 9.53 Å². The first-order valence-corrected chi connectivity index (χ1v) is 5.45. The van der Waals surface area contributed by atoms with Crippen LogP contribution in [0.25, 0.3) is 10.9 Å². The Labute approximate surface area is 99.4 Å². The lowest BCUT2D eigenvalue weighted by atomic mass is 10.1. The second-order valence-corrected chi connectivity index (χ2v) is 3.83. The number of nitrogens with zero attached hydrogens (tertiary/aromatic N) is 1. The third kappa shape index (κ3) is 2.06. The van der Waals surface area contributed by atoms with Crippen LogP contribution in [-0.4, -0.2) is 17.6 Å². The fourth-order valence-corrected chi connectivity index (χ4v) is 1.70. The van der Waals surface area contributed by atoms with Crippen LogP contribution in [0.3, 0.4) is 0 Å². The second kappa shape index (κ2) is 4.41. The highest BCUT2D eigenvalue weighted by atomic mass is 16.5. The van der Waals surface area contributed by atoms with Gasteiger partial charge in [-0.15, -0.1) is 0 Å². The number of aryl methyl sites for hydroxylation is 1. The highest BCUT2D eigenvalue weighted by Gasteiger charge is 2.13. The molecule has 4 nitrogen and oxygen atoms in total. The minimum absolute atomic E-state index is 0.324. The highest BCUT2D eigenvalue weighted by molar-refractivity contribution is 6.04. The molecule has 2 N–H and O–H groups in total. The Balaban J connectivity index is 2.60. The molecule has 88 valence electrons. The molecule has 0 amide bonds. The van der Waals surface area contributed by atoms with Gasteiger partial charge in [0.2, 0.25) is 0 Å². The van der Waals surface area contributed by atoms with Crippen LogP contribution >= 0.6 is 0 Å². The smallest absolute Gasteiger partial charge is 0.341 e. The van der Waals surface area contributed by atoms with Crippen LogP contribution in [0.5, 0.6) is 0 Å². The first-order chi connectivity index (χ1) is 8.13. The molecule has 0 unspecified atom stereocenters. The van der Waals surface area contributed by atoms with E-state index in [1.54, 1.807) is 6.92 Å². The molecule has 4 heteroatoms. The van der Waals surface area contributed by atoms with Crippen molar-refractivity contribution in [3.8, 4) is 0 Å². The fourth-order valence-electron chi connectivity index (χ4n) is 1.70. The van der Waals surface area contributed by atoms with Gasteiger partial charge in [0.05, 0.1) is 17.8 Å². The number of aromatic nitrogens is 1. The quantitative estimate of drug-likeness (QED) is 0.804. The summed E-state index contributed by atoms with van der Waals surface area (Å²) in [4.78, 5) is 15.9. The Morgan fingerprint density at radius 3 is 2.94 bits per heavy atom. The normalized spacial score (nSPS) is 10.5. The van der Waals surface area contributed by atoms with E-state index in [2.05, 4.69) is 4.98 Å². The summed E-state index contributed by atoms with van der Waals surface area (Å²) in [5.41, 5.74) is 8.58. The average Bonchev–Trinajstić information content (AvgIpc) is 2.30. The van der Waals surface area contributed by atoms with Crippen LogP contribution in [0.15, 0.2) is 24.4 Å². The molecule has 1 aromatic carbocycles. The number of benzene rings is 1. The van der Waals surface area contributed by atoms with Gasteiger partial charge in [-0.3, -0.25) is 4.98 Å². The van der Waals surface area contributed by atoms with Gasteiger partial charge >= 0.3 is 5.97 Å². The molecule has 0 radical (unpaired) electrons. The molecular weight excluding hydrogens is 216 g/mol. The number of fused-ring (bicyclic) bond motifs is 1. The summed E-state index contributed by atoms with van der Waals surface area (Å²) < 4.78 is 4.93. The first-order valence-electron chi connectivity index (χ1n) is 5.45. The van der Waals surface area contributed by atoms with Crippen molar-refractivity contribution in [3.63, 3.8) is 0 Å². The minimum Gasteiger partial charge on any atom is -0.462 e. The number of carbonyl (C=O) groups excluding carboxylic acids is 1. The molecule has 1 heterocycles. The van der Waals surface area contributed by atoms with E-state index in [0.29, 0.717) is 17.9 Å². The SMILES string of the molecule is CCOC(=O)c1cnc2ccc(C)cc2c1N. The van der Waals surface area contributed by atoms with Gasteiger partial charge in [0.15, 0.2) is 0 Å². The van der Waals surface area contributed by atoms with Gasteiger partial charge in [-0.2, -0.15) is 0 Å². The van der Waals surface area contributed by atoms with Gasteiger partial charge in [0.25, 0.3) is 0 Å². The van der Waals surface area contributed by atoms with Crippen molar-refractivity contribution in [2.75, 3.05) is 12.3 Å². The molecule has 0 saturated heterocycles. The second-order valence-electron chi connectivity index (χ2n) is 3.83. The van der Waals surface area contributed by atoms with Crippen molar-refractivity contribution in [1.82, 2.24) is 4.98 Å². The first kappa shape index (κ1) is 11.4. The summed E-state index contributed by atoms with van der Waals surface area (Å²) in [5, 5.41) is 0.788. The van der Waals surface area contributed by atoms with E-state index in [1.807, 2.05) is 25.1 Å². The van der Waals surface area contributed by atoms with Gasteiger partial charge in [-0.25, -0.2) is 4.79 Å². The van der Waals surface area contributed by atoms with Crippen LogP contribution in [0, 0.1) is 6.92 Å². The number of rotatable bonds is 2. The Kier molecular flexibility index (Phi) is 2.95. The number of anilines is 1. The van der Waals surface area contributed by atoms with E-state index >= 15 is 0 Å². The number of hydrogen-bond acceptors (Lipinski definition) is 4. The molecule has 0 fully saturated rings. The van der Waals surface area contributed by atoms with E-state index in [-0.39, 0.29) is 0 Å². The number of nitrogen functional groups attached to an aromatic ring is 1. The summed E-state index contributed by atoms with van der Waals surface area (Å²) in [6, 6.07) is 5.76. The van der Waals surface area contributed by atoms with Gasteiger partial charge in [0.1, 0.15) is 5.56 Å². The number of ether oxygens (including phenoxy) is 1. The van der Waals surface area contributed by atoms with E-state index in [4.69, 9.17) is 10.5 Å². The Morgan fingerprint density at radius 1 is 1.47 bits per heavy atom. The maximum Gasteiger partial charge on any atom is 0.341 e. The zero-order valence-electron chi connectivity index (χ0n) is 9.86. The number of nitrogens with two attached hydrogens (primary N) is 1. The Hall–Kier alpha value is -2.10. The maximum atomic E-state index is 11.7. The largest absolute Gasteiger partial charge is 0.462 e. The molecule has 0 aliphatic rings. The predicted octanol–water partition coefficient (Wildman–Crippen LogP) is 2.30. The molecule has 0 aliphatic heterocycles. The molecule has 0 bridgehead atoms. The molecule has 2 rings (SSSR count). The van der Waals surface area contributed by atoms with Crippen molar-refractivity contribution in [2.24, 2.45) is 0 Å². The molecule has 0 saturated carbocycles. The van der Waals surface area contributed by atoms with E-state index in [9.17, 15) is 4.79 Å². The van der Waals surface area contributed by atoms with Gasteiger partial charge in [-0.1, -0.05) is 11.6 Å². The lowest BCUT2D eigenvalue weighted by Gasteiger charge is -2.08. The molecular formula is C13H14N2O2. The average molecular weight is 230 g/mol. The van der Waals surface area contributed by atoms with Gasteiger partial charge < -0.3 is 10.5 Å². The molecule has 0 spiro atoms. The molecule has 0 atom stereocenters. The summed E-state index contributed by atoms with van der Waals surface area (Å²) in [6.07, 6.45) is 1.46. The lowest BCUT2D eigenvalue weighted by molar-refractivity contribution is 0.0527. The van der Waals surface area contributed by atoms with Crippen LogP contribution in [-0.2, 0) is 4.74 Å². The lowest BCUT2D eigenvalue weighted by Crippen LogP contribution is -2.09. The van der Waals surface area contributed by atoms with E-state index in [0.717, 1.165) is 16.5 Å². The summed E-state index contributed by atoms with van der Waals surface area (Å²) in [7, 11) is 0. The van der Waals surface area contributed by atoms with E-state index < -0.39 is 5.97 Å². The Bertz CT molecular complexity index is 579. The standard InChI is InChI=1S/C13H14N2O2/c1-3-17-13(16)10-7-15-11-5-4-8(2)6-9(11)12(10)14/h4-7H,3H2,1-2H3,(H2,14,15). The van der Waals surface area contributed by atoms with Crippen molar-refractivity contribution in [3.05, 3.63) is 35.5 Å². The van der Waals surface area contributed by atoms with E-state index in [1.165, 1.54) is 6.20 Å². The zero-order valence-corrected chi connectivity index (χ0v) is 9.86. The van der Waals surface area contributed by atoms with Crippen molar-refractivity contribution >= 4 is 22.6 Å². The number of esters is 1. The summed E-state index contributed by atoms with van der Waals surface area (Å²) >= 11 is 0. The van der Waals surface area contributed by atoms with Crippen LogP contribution < -0.4 is 5.73 Å². The molecule has 1 aromatic heterocycles. The Morgan fingerprint density at radius 2 is 2.24 bits per heavy atom. The third-order valence-electron chi connectivity index (χ3n) is 2.56. The van der Waals surface area contributed by atoms with Gasteiger partial charge in [0, 0.05) is 11.6 Å². The molecule has 2 aromatic rings. The summed E-state index contributed by atoms with van der Waals surface area (Å²) in [5.74, 6) is -0.430. The third-order valence-corrected chi connectivity index (χ3v) is 2.56. The monoisotopic (exact) mass is 230 g/mol. The fraction of sp³-hybridized carbons (Fsp3) is 0.231. The number of carbonyl (C=O) groups is 1.